The van der Waals surface area contributed by atoms with Gasteiger partial charge < -0.3 is 10.6 Å². The van der Waals surface area contributed by atoms with Gasteiger partial charge in [-0.2, -0.15) is 0 Å². The number of nitrogens with one attached hydrogen (secondary N) is 2. The first-order chi connectivity index (χ1) is 9.08. The average Bonchev–Trinajstić information content (AvgIpc) is 2.73. The SMILES string of the molecule is CN=C1NC(=O)[C@@H](CC(=O)Nc2ccc(I)cc2)S1. The molecule has 7 heteroatoms. The van der Waals surface area contributed by atoms with Gasteiger partial charge in [-0.3, -0.25) is 14.6 Å². The molecule has 1 saturated heterocycles. The molecule has 0 spiro atoms. The zero-order chi connectivity index (χ0) is 13.8. The number of halogens is 1. The van der Waals surface area contributed by atoms with Gasteiger partial charge in [0.15, 0.2) is 5.17 Å². The number of carbonyl (C=O) groups is 2. The lowest BCUT2D eigenvalue weighted by Crippen LogP contribution is -2.28. The van der Waals surface area contributed by atoms with Gasteiger partial charge in [0, 0.05) is 22.7 Å². The summed E-state index contributed by atoms with van der Waals surface area (Å²) in [7, 11) is 1.61. The van der Waals surface area contributed by atoms with Crippen molar-refractivity contribution in [2.45, 2.75) is 11.7 Å². The van der Waals surface area contributed by atoms with Gasteiger partial charge >= 0.3 is 0 Å². The van der Waals surface area contributed by atoms with Gasteiger partial charge in [0.05, 0.1) is 0 Å². The van der Waals surface area contributed by atoms with Gasteiger partial charge in [-0.05, 0) is 46.9 Å². The molecule has 1 atom stereocenters. The fraction of sp³-hybridized carbons (Fsp3) is 0.250. The molecule has 0 aliphatic carbocycles. The quantitative estimate of drug-likeness (QED) is 0.776. The van der Waals surface area contributed by atoms with E-state index in [0.717, 1.165) is 9.26 Å². The molecule has 1 aromatic rings. The molecule has 1 heterocycles. The Balaban J connectivity index is 1.91. The van der Waals surface area contributed by atoms with Crippen LogP contribution in [0.4, 0.5) is 5.69 Å². The van der Waals surface area contributed by atoms with E-state index in [0.29, 0.717) is 5.17 Å². The van der Waals surface area contributed by atoms with Crippen LogP contribution in [0.5, 0.6) is 0 Å². The van der Waals surface area contributed by atoms with E-state index in [1.807, 2.05) is 24.3 Å². The van der Waals surface area contributed by atoms with E-state index >= 15 is 0 Å². The molecule has 0 radical (unpaired) electrons. The molecule has 0 unspecified atom stereocenters. The van der Waals surface area contributed by atoms with Crippen LogP contribution >= 0.6 is 34.4 Å². The highest BCUT2D eigenvalue weighted by Crippen LogP contribution is 2.22. The van der Waals surface area contributed by atoms with Crippen molar-refractivity contribution in [2.24, 2.45) is 4.99 Å². The average molecular weight is 389 g/mol. The predicted molar refractivity (Wildman–Crippen MR) is 85.3 cm³/mol. The molecule has 0 saturated carbocycles. The number of carbonyl (C=O) groups excluding carboxylic acids is 2. The minimum atomic E-state index is -0.400. The molecule has 5 nitrogen and oxygen atoms in total. The van der Waals surface area contributed by atoms with Gasteiger partial charge in [-0.15, -0.1) is 0 Å². The monoisotopic (exact) mass is 389 g/mol. The number of nitrogens with zero attached hydrogens (tertiary/aromatic N) is 1. The van der Waals surface area contributed by atoms with Gasteiger partial charge in [-0.25, -0.2) is 0 Å². The number of anilines is 1. The standard InChI is InChI=1S/C12H12IN3O2S/c1-14-12-16-11(18)9(19-12)6-10(17)15-8-4-2-7(13)3-5-8/h2-5,9H,6H2,1H3,(H,15,17)(H,14,16,18)/t9-/m1/s1. The maximum absolute atomic E-state index is 11.8. The molecule has 2 amide bonds. The first kappa shape index (κ1) is 14.3. The van der Waals surface area contributed by atoms with Gasteiger partial charge in [0.2, 0.25) is 11.8 Å². The number of amides is 2. The zero-order valence-electron chi connectivity index (χ0n) is 10.1. The van der Waals surface area contributed by atoms with Crippen LogP contribution in [0.25, 0.3) is 0 Å². The molecule has 1 aliphatic heterocycles. The summed E-state index contributed by atoms with van der Waals surface area (Å²) in [5, 5.41) is 5.56. The van der Waals surface area contributed by atoms with Crippen molar-refractivity contribution in [3.8, 4) is 0 Å². The molecule has 0 bridgehead atoms. The highest BCUT2D eigenvalue weighted by Gasteiger charge is 2.31. The first-order valence-electron chi connectivity index (χ1n) is 5.58. The Morgan fingerprint density at radius 1 is 1.47 bits per heavy atom. The number of rotatable bonds is 3. The van der Waals surface area contributed by atoms with Crippen LogP contribution in [0.2, 0.25) is 0 Å². The lowest BCUT2D eigenvalue weighted by Gasteiger charge is -2.07. The largest absolute Gasteiger partial charge is 0.326 e. The van der Waals surface area contributed by atoms with Crippen molar-refractivity contribution in [1.29, 1.82) is 0 Å². The molecule has 1 fully saturated rings. The second kappa shape index (κ2) is 6.38. The van der Waals surface area contributed by atoms with Gasteiger partial charge in [-0.1, -0.05) is 11.8 Å². The summed E-state index contributed by atoms with van der Waals surface area (Å²) in [5.41, 5.74) is 0.734. The van der Waals surface area contributed by atoms with Crippen LogP contribution in [0, 0.1) is 3.57 Å². The summed E-state index contributed by atoms with van der Waals surface area (Å²) in [6.07, 6.45) is 0.140. The smallest absolute Gasteiger partial charge is 0.240 e. The highest BCUT2D eigenvalue weighted by molar-refractivity contribution is 14.1. The Morgan fingerprint density at radius 3 is 2.74 bits per heavy atom. The molecular weight excluding hydrogens is 377 g/mol. The maximum Gasteiger partial charge on any atom is 0.240 e. The first-order valence-corrected chi connectivity index (χ1v) is 7.54. The van der Waals surface area contributed by atoms with Crippen LogP contribution in [0.15, 0.2) is 29.3 Å². The Kier molecular flexibility index (Phi) is 4.81. The Bertz CT molecular complexity index is 530. The van der Waals surface area contributed by atoms with Crippen LogP contribution < -0.4 is 10.6 Å². The van der Waals surface area contributed by atoms with Crippen molar-refractivity contribution >= 4 is 57.0 Å². The van der Waals surface area contributed by atoms with Crippen LogP contribution in [0.1, 0.15) is 6.42 Å². The molecule has 2 rings (SSSR count). The van der Waals surface area contributed by atoms with Crippen molar-refractivity contribution in [1.82, 2.24) is 5.32 Å². The number of aliphatic imine (C=N–C) groups is 1. The molecular formula is C12H12IN3O2S. The Morgan fingerprint density at radius 2 is 2.16 bits per heavy atom. The summed E-state index contributed by atoms with van der Waals surface area (Å²) < 4.78 is 1.10. The van der Waals surface area contributed by atoms with Gasteiger partial charge in [0.25, 0.3) is 0 Å². The van der Waals surface area contributed by atoms with E-state index in [1.54, 1.807) is 7.05 Å². The van der Waals surface area contributed by atoms with E-state index < -0.39 is 5.25 Å². The Hall–Kier alpha value is -1.09. The summed E-state index contributed by atoms with van der Waals surface area (Å²) in [6.45, 7) is 0. The summed E-state index contributed by atoms with van der Waals surface area (Å²) in [6, 6.07) is 7.49. The van der Waals surface area contributed by atoms with E-state index in [2.05, 4.69) is 38.2 Å². The molecule has 19 heavy (non-hydrogen) atoms. The van der Waals surface area contributed by atoms with Crippen molar-refractivity contribution in [3.63, 3.8) is 0 Å². The summed E-state index contributed by atoms with van der Waals surface area (Å²) in [4.78, 5) is 27.3. The molecule has 1 aliphatic rings. The van der Waals surface area contributed by atoms with Crippen molar-refractivity contribution in [3.05, 3.63) is 27.8 Å². The van der Waals surface area contributed by atoms with E-state index in [-0.39, 0.29) is 18.2 Å². The second-order valence-corrected chi connectivity index (χ2v) is 6.32. The maximum atomic E-state index is 11.8. The van der Waals surface area contributed by atoms with Crippen LogP contribution in [0.3, 0.4) is 0 Å². The minimum absolute atomic E-state index is 0.140. The number of thioether (sulfide) groups is 1. The number of benzene rings is 1. The number of amidine groups is 1. The number of hydrogen-bond donors (Lipinski definition) is 2. The summed E-state index contributed by atoms with van der Waals surface area (Å²) in [5.74, 6) is -0.338. The third-order valence-electron chi connectivity index (χ3n) is 2.48. The molecule has 0 aromatic heterocycles. The lowest BCUT2D eigenvalue weighted by atomic mass is 10.2. The fourth-order valence-electron chi connectivity index (χ4n) is 1.56. The lowest BCUT2D eigenvalue weighted by molar-refractivity contribution is -0.122. The normalized spacial score (nSPS) is 20.4. The van der Waals surface area contributed by atoms with Gasteiger partial charge in [0.1, 0.15) is 5.25 Å². The van der Waals surface area contributed by atoms with E-state index in [9.17, 15) is 9.59 Å². The molecule has 100 valence electrons. The third-order valence-corrected chi connectivity index (χ3v) is 4.37. The van der Waals surface area contributed by atoms with E-state index in [4.69, 9.17) is 0 Å². The van der Waals surface area contributed by atoms with Crippen molar-refractivity contribution < 1.29 is 9.59 Å². The second-order valence-electron chi connectivity index (χ2n) is 3.88. The third kappa shape index (κ3) is 3.93. The zero-order valence-corrected chi connectivity index (χ0v) is 13.1. The summed E-state index contributed by atoms with van der Waals surface area (Å²) >= 11 is 3.48. The van der Waals surface area contributed by atoms with Crippen molar-refractivity contribution in [2.75, 3.05) is 12.4 Å². The number of hydrogen-bond acceptors (Lipinski definition) is 4. The minimum Gasteiger partial charge on any atom is -0.326 e. The molecule has 1 aromatic carbocycles. The van der Waals surface area contributed by atoms with E-state index in [1.165, 1.54) is 11.8 Å². The highest BCUT2D eigenvalue weighted by atomic mass is 127. The topological polar surface area (TPSA) is 70.6 Å². The molecule has 2 N–H and O–H groups in total. The Labute approximate surface area is 128 Å². The fourth-order valence-corrected chi connectivity index (χ4v) is 2.85. The predicted octanol–water partition coefficient (Wildman–Crippen LogP) is 1.84. The van der Waals surface area contributed by atoms with Crippen LogP contribution in [-0.2, 0) is 9.59 Å². The van der Waals surface area contributed by atoms with Crippen LogP contribution in [-0.4, -0.2) is 29.3 Å².